The first-order valence-corrected chi connectivity index (χ1v) is 4.23. The Labute approximate surface area is 79.9 Å². The van der Waals surface area contributed by atoms with Gasteiger partial charge in [-0.3, -0.25) is 0 Å². The Bertz CT molecular complexity index is 271. The molecule has 0 amide bonds. The average Bonchev–Trinajstić information content (AvgIpc) is 2.22. The fourth-order valence-corrected chi connectivity index (χ4v) is 0.812. The van der Waals surface area contributed by atoms with E-state index < -0.39 is 0 Å². The maximum Gasteiger partial charge on any atom is -0.0184 e. The molecule has 0 bridgehead atoms. The normalized spacial score (nSPS) is 8.38. The number of hydrogen-bond donors (Lipinski definition) is 0. The monoisotopic (exact) mass is 168 g/mol. The molecular weight excluding hydrogens is 156 g/mol. The van der Waals surface area contributed by atoms with Crippen LogP contribution in [-0.2, 0) is 0 Å². The molecule has 2 radical (unpaired) electrons. The zero-order valence-corrected chi connectivity index (χ0v) is 7.70. The van der Waals surface area contributed by atoms with Crippen molar-refractivity contribution in [2.45, 2.75) is 6.92 Å². The molecule has 0 heteroatoms. The van der Waals surface area contributed by atoms with E-state index >= 15 is 0 Å². The van der Waals surface area contributed by atoms with Gasteiger partial charge in [-0.15, -0.1) is 0 Å². The molecule has 2 aromatic carbocycles. The summed E-state index contributed by atoms with van der Waals surface area (Å²) in [5, 5.41) is 0. The Morgan fingerprint density at radius 2 is 1.31 bits per heavy atom. The summed E-state index contributed by atoms with van der Waals surface area (Å²) in [4.78, 5) is 0. The van der Waals surface area contributed by atoms with Crippen LogP contribution in [0.25, 0.3) is 0 Å². The summed E-state index contributed by atoms with van der Waals surface area (Å²) in [6.07, 6.45) is 0. The van der Waals surface area contributed by atoms with Crippen LogP contribution < -0.4 is 0 Å². The molecule has 0 heterocycles. The van der Waals surface area contributed by atoms with Crippen molar-refractivity contribution in [2.75, 3.05) is 0 Å². The smallest absolute Gasteiger partial charge is 0.0184 e. The molecule has 2 rings (SSSR count). The molecule has 0 saturated heterocycles. The maximum atomic E-state index is 2.93. The quantitative estimate of drug-likeness (QED) is 0.566. The third-order valence-corrected chi connectivity index (χ3v) is 1.49. The fourth-order valence-electron chi connectivity index (χ4n) is 0.812. The molecule has 0 spiro atoms. The molecule has 0 aromatic heterocycles. The van der Waals surface area contributed by atoms with Crippen LogP contribution in [0.5, 0.6) is 0 Å². The lowest BCUT2D eigenvalue weighted by molar-refractivity contribution is 1.47. The molecule has 0 aliphatic carbocycles. The number of aryl methyl sites for hydroxylation is 1. The molecule has 0 aliphatic heterocycles. The van der Waals surface area contributed by atoms with Crippen molar-refractivity contribution in [3.8, 4) is 0 Å². The summed E-state index contributed by atoms with van der Waals surface area (Å²) in [5.41, 5.74) is 1.29. The Kier molecular flexibility index (Phi) is 4.41. The zero-order chi connectivity index (χ0) is 9.36. The zero-order valence-electron chi connectivity index (χ0n) is 7.70. The summed E-state index contributed by atoms with van der Waals surface area (Å²) in [7, 11) is 0. The molecule has 0 atom stereocenters. The second kappa shape index (κ2) is 6.01. The minimum Gasteiger partial charge on any atom is -0.0622 e. The van der Waals surface area contributed by atoms with Gasteiger partial charge in [-0.1, -0.05) is 60.2 Å². The lowest BCUT2D eigenvalue weighted by atomic mass is 10.2. The van der Waals surface area contributed by atoms with Crippen LogP contribution in [0.15, 0.2) is 54.6 Å². The van der Waals surface area contributed by atoms with Gasteiger partial charge in [0.2, 0.25) is 0 Å². The Balaban J connectivity index is 0.000000132. The van der Waals surface area contributed by atoms with Crippen LogP contribution in [0.4, 0.5) is 0 Å². The second-order valence-electron chi connectivity index (χ2n) is 2.65. The number of rotatable bonds is 0. The van der Waals surface area contributed by atoms with E-state index in [1.54, 1.807) is 0 Å². The van der Waals surface area contributed by atoms with Gasteiger partial charge in [0.15, 0.2) is 0 Å². The van der Waals surface area contributed by atoms with E-state index in [-0.39, 0.29) is 0 Å². The van der Waals surface area contributed by atoms with Gasteiger partial charge in [0.1, 0.15) is 0 Å². The highest BCUT2D eigenvalue weighted by molar-refractivity contribution is 5.10. The summed E-state index contributed by atoms with van der Waals surface area (Å²) >= 11 is 0. The summed E-state index contributed by atoms with van der Waals surface area (Å²) < 4.78 is 0. The SMILES string of the molecule is Cc1cc[c]cc1.[c]1ccccc1. The Hall–Kier alpha value is -1.56. The first-order valence-electron chi connectivity index (χ1n) is 4.23. The standard InChI is InChI=1S/C7H7.C6H5/c1-7-5-3-2-4-6-7;1-2-4-6-5-3-1/h3-6H,1H3;1-5H. The van der Waals surface area contributed by atoms with Gasteiger partial charge < -0.3 is 0 Å². The lowest BCUT2D eigenvalue weighted by Gasteiger charge is -1.82. The highest BCUT2D eigenvalue weighted by Crippen LogP contribution is 1.91. The summed E-state index contributed by atoms with van der Waals surface area (Å²) in [5.74, 6) is 0. The first-order chi connectivity index (χ1) is 6.39. The van der Waals surface area contributed by atoms with Crippen molar-refractivity contribution >= 4 is 0 Å². The van der Waals surface area contributed by atoms with Gasteiger partial charge in [0, 0.05) is 0 Å². The van der Waals surface area contributed by atoms with Gasteiger partial charge >= 0.3 is 0 Å². The van der Waals surface area contributed by atoms with E-state index in [9.17, 15) is 0 Å². The van der Waals surface area contributed by atoms with E-state index in [0.717, 1.165) is 0 Å². The van der Waals surface area contributed by atoms with Crippen LogP contribution in [0, 0.1) is 19.1 Å². The number of hydrogen-bond acceptors (Lipinski definition) is 0. The van der Waals surface area contributed by atoms with Crippen LogP contribution in [-0.4, -0.2) is 0 Å². The third-order valence-electron chi connectivity index (χ3n) is 1.49. The highest BCUT2D eigenvalue weighted by atomic mass is 13.8. The molecule has 13 heavy (non-hydrogen) atoms. The minimum absolute atomic E-state index is 1.29. The highest BCUT2D eigenvalue weighted by Gasteiger charge is 1.72. The molecule has 0 nitrogen and oxygen atoms in total. The van der Waals surface area contributed by atoms with Crippen molar-refractivity contribution in [3.05, 3.63) is 72.3 Å². The van der Waals surface area contributed by atoms with E-state index in [1.165, 1.54) is 5.56 Å². The van der Waals surface area contributed by atoms with E-state index in [2.05, 4.69) is 19.1 Å². The van der Waals surface area contributed by atoms with Gasteiger partial charge in [0.05, 0.1) is 0 Å². The van der Waals surface area contributed by atoms with Crippen molar-refractivity contribution in [2.24, 2.45) is 0 Å². The fraction of sp³-hybridized carbons (Fsp3) is 0.0769. The minimum atomic E-state index is 1.29. The molecule has 2 aromatic rings. The molecule has 0 N–H and O–H groups in total. The number of benzene rings is 2. The van der Waals surface area contributed by atoms with Gasteiger partial charge in [-0.25, -0.2) is 0 Å². The lowest BCUT2D eigenvalue weighted by Crippen LogP contribution is -1.63. The van der Waals surface area contributed by atoms with E-state index in [0.29, 0.717) is 0 Å². The van der Waals surface area contributed by atoms with E-state index in [4.69, 9.17) is 0 Å². The van der Waals surface area contributed by atoms with Crippen LogP contribution in [0.2, 0.25) is 0 Å². The molecular formula is C13H12. The predicted octanol–water partition coefficient (Wildman–Crippen LogP) is 3.28. The maximum absolute atomic E-state index is 2.93. The van der Waals surface area contributed by atoms with E-state index in [1.807, 2.05) is 54.6 Å². The van der Waals surface area contributed by atoms with Crippen LogP contribution in [0.3, 0.4) is 0 Å². The van der Waals surface area contributed by atoms with Crippen molar-refractivity contribution < 1.29 is 0 Å². The Morgan fingerprint density at radius 3 is 1.54 bits per heavy atom. The topological polar surface area (TPSA) is 0 Å². The second-order valence-corrected chi connectivity index (χ2v) is 2.65. The summed E-state index contributed by atoms with van der Waals surface area (Å²) in [6, 6.07) is 23.3. The Morgan fingerprint density at radius 1 is 0.769 bits per heavy atom. The van der Waals surface area contributed by atoms with Crippen LogP contribution >= 0.6 is 0 Å². The third kappa shape index (κ3) is 4.81. The van der Waals surface area contributed by atoms with Crippen molar-refractivity contribution in [1.82, 2.24) is 0 Å². The van der Waals surface area contributed by atoms with Crippen LogP contribution in [0.1, 0.15) is 5.56 Å². The molecule has 0 fully saturated rings. The summed E-state index contributed by atoms with van der Waals surface area (Å²) in [6.45, 7) is 2.06. The largest absolute Gasteiger partial charge is 0.0622 e. The average molecular weight is 168 g/mol. The molecule has 0 aliphatic rings. The van der Waals surface area contributed by atoms with Gasteiger partial charge in [-0.05, 0) is 19.1 Å². The van der Waals surface area contributed by atoms with Crippen molar-refractivity contribution in [3.63, 3.8) is 0 Å². The molecule has 64 valence electrons. The van der Waals surface area contributed by atoms with Gasteiger partial charge in [-0.2, -0.15) is 0 Å². The molecule has 0 saturated carbocycles. The van der Waals surface area contributed by atoms with Gasteiger partial charge in [0.25, 0.3) is 0 Å². The molecule has 0 unspecified atom stereocenters. The predicted molar refractivity (Wildman–Crippen MR) is 55.3 cm³/mol. The van der Waals surface area contributed by atoms with Crippen molar-refractivity contribution in [1.29, 1.82) is 0 Å². The first kappa shape index (κ1) is 9.53.